The lowest BCUT2D eigenvalue weighted by molar-refractivity contribution is -0.112. The van der Waals surface area contributed by atoms with Gasteiger partial charge in [-0.15, -0.1) is 0 Å². The smallest absolute Gasteiger partial charge is 0.254 e. The van der Waals surface area contributed by atoms with Gasteiger partial charge in [-0.3, -0.25) is 4.79 Å². The van der Waals surface area contributed by atoms with Crippen molar-refractivity contribution in [2.24, 2.45) is 17.0 Å². The molecule has 3 aromatic rings. The molecule has 2 fully saturated rings. The number of rotatable bonds is 6. The number of anilines is 3. The normalized spacial score (nSPS) is 17.8. The number of likely N-dealkylation sites (tertiary alicyclic amines) is 1. The molecule has 1 spiro atoms. The molecule has 1 aromatic heterocycles. The molecule has 0 bridgehead atoms. The van der Waals surface area contributed by atoms with E-state index >= 15 is 0 Å². The molecule has 2 saturated heterocycles. The van der Waals surface area contributed by atoms with Crippen LogP contribution in [0.5, 0.6) is 5.75 Å². The van der Waals surface area contributed by atoms with Crippen molar-refractivity contribution in [2.75, 3.05) is 55.6 Å². The fourth-order valence-electron chi connectivity index (χ4n) is 5.96. The number of nitrogens with one attached hydrogen (secondary N) is 1. The number of methoxy groups -OCH3 is 1. The number of hydrazine groups is 1. The molecule has 202 valence electrons. The first kappa shape index (κ1) is 25.1. The summed E-state index contributed by atoms with van der Waals surface area (Å²) in [6.07, 6.45) is 3.48. The zero-order valence-corrected chi connectivity index (χ0v) is 22.6. The molecule has 10 nitrogen and oxygen atoms in total. The van der Waals surface area contributed by atoms with E-state index in [-0.39, 0.29) is 23.2 Å². The van der Waals surface area contributed by atoms with Gasteiger partial charge in [0.05, 0.1) is 18.4 Å². The fourth-order valence-corrected chi connectivity index (χ4v) is 5.96. The van der Waals surface area contributed by atoms with Crippen molar-refractivity contribution in [2.45, 2.75) is 19.8 Å². The Bertz CT molecular complexity index is 1450. The third-order valence-corrected chi connectivity index (χ3v) is 8.04. The van der Waals surface area contributed by atoms with Crippen molar-refractivity contribution in [3.63, 3.8) is 0 Å². The molecule has 0 saturated carbocycles. The number of nitrogens with two attached hydrogens (primary N) is 2. The van der Waals surface area contributed by atoms with Gasteiger partial charge in [-0.25, -0.2) is 20.8 Å². The fraction of sp³-hybridized carbons (Fsp3) is 0.345. The first-order chi connectivity index (χ1) is 18.7. The molecular formula is C29H34N8O2. The number of hydrogen-bond donors (Lipinski definition) is 3. The highest BCUT2D eigenvalue weighted by molar-refractivity contribution is 6.04. The summed E-state index contributed by atoms with van der Waals surface area (Å²) in [5.41, 5.74) is 12.9. The molecule has 39 heavy (non-hydrogen) atoms. The lowest BCUT2D eigenvalue weighted by Crippen LogP contribution is -2.71. The minimum absolute atomic E-state index is 0.0752. The lowest BCUT2D eigenvalue weighted by Gasteiger charge is -2.60. The standard InChI is InChI=1S/C29H34N8O2/c1-18(27(38)33-21-6-8-22(9-7-21)36-16-29(17-36)14-35(2)15-29)26(30)37(31)28-32-13-20-5-4-19-12-23(39-3)10-11-24(19)25(20)34-28/h6-13H,4-5,14-17,30-31H2,1-3H3,(H,33,38)/b26-18+. The summed E-state index contributed by atoms with van der Waals surface area (Å²) >= 11 is 0. The van der Waals surface area contributed by atoms with Gasteiger partial charge >= 0.3 is 0 Å². The van der Waals surface area contributed by atoms with Crippen molar-refractivity contribution in [1.29, 1.82) is 0 Å². The third-order valence-electron chi connectivity index (χ3n) is 8.04. The highest BCUT2D eigenvalue weighted by Crippen LogP contribution is 2.41. The molecule has 3 aliphatic rings. The monoisotopic (exact) mass is 526 g/mol. The summed E-state index contributed by atoms with van der Waals surface area (Å²) in [4.78, 5) is 26.9. The Kier molecular flexibility index (Phi) is 6.16. The maximum Gasteiger partial charge on any atom is 0.254 e. The quantitative estimate of drug-likeness (QED) is 0.252. The maximum atomic E-state index is 13.0. The number of fused-ring (bicyclic) bond motifs is 3. The number of aryl methyl sites for hydroxylation is 2. The van der Waals surface area contributed by atoms with E-state index in [1.54, 1.807) is 20.2 Å². The molecular weight excluding hydrogens is 492 g/mol. The van der Waals surface area contributed by atoms with Crippen LogP contribution in [0, 0.1) is 5.41 Å². The number of amides is 1. The van der Waals surface area contributed by atoms with Crippen LogP contribution in [0.1, 0.15) is 18.1 Å². The second-order valence-electron chi connectivity index (χ2n) is 11.0. The van der Waals surface area contributed by atoms with Gasteiger partial charge < -0.3 is 25.6 Å². The van der Waals surface area contributed by atoms with Crippen LogP contribution < -0.4 is 31.5 Å². The van der Waals surface area contributed by atoms with Gasteiger partial charge in [0, 0.05) is 54.7 Å². The summed E-state index contributed by atoms with van der Waals surface area (Å²) < 4.78 is 5.37. The van der Waals surface area contributed by atoms with E-state index in [0.717, 1.165) is 64.8 Å². The van der Waals surface area contributed by atoms with Crippen molar-refractivity contribution >= 4 is 23.2 Å². The Hall–Kier alpha value is -4.15. The molecule has 0 radical (unpaired) electrons. The van der Waals surface area contributed by atoms with Gasteiger partial charge in [-0.2, -0.15) is 0 Å². The van der Waals surface area contributed by atoms with Gasteiger partial charge in [-0.05, 0) is 80.4 Å². The van der Waals surface area contributed by atoms with E-state index in [0.29, 0.717) is 11.1 Å². The number of carbonyl (C=O) groups excluding carboxylic acids is 1. The predicted octanol–water partition coefficient (Wildman–Crippen LogP) is 2.51. The molecule has 0 unspecified atom stereocenters. The van der Waals surface area contributed by atoms with E-state index in [9.17, 15) is 4.79 Å². The van der Waals surface area contributed by atoms with Crippen LogP contribution in [0.15, 0.2) is 60.1 Å². The van der Waals surface area contributed by atoms with Crippen LogP contribution in [0.4, 0.5) is 17.3 Å². The molecule has 10 heteroatoms. The van der Waals surface area contributed by atoms with E-state index in [1.807, 2.05) is 42.5 Å². The largest absolute Gasteiger partial charge is 0.497 e. The Morgan fingerprint density at radius 3 is 2.49 bits per heavy atom. The van der Waals surface area contributed by atoms with Crippen LogP contribution in [0.2, 0.25) is 0 Å². The molecule has 1 aliphatic carbocycles. The van der Waals surface area contributed by atoms with E-state index in [4.69, 9.17) is 21.3 Å². The average molecular weight is 527 g/mol. The van der Waals surface area contributed by atoms with E-state index < -0.39 is 0 Å². The first-order valence-corrected chi connectivity index (χ1v) is 13.1. The molecule has 6 rings (SSSR count). The Morgan fingerprint density at radius 2 is 1.79 bits per heavy atom. The van der Waals surface area contributed by atoms with Crippen LogP contribution in [0.25, 0.3) is 11.3 Å². The Balaban J connectivity index is 1.14. The molecule has 0 atom stereocenters. The second kappa shape index (κ2) is 9.55. The zero-order chi connectivity index (χ0) is 27.3. The van der Waals surface area contributed by atoms with Crippen LogP contribution in [-0.4, -0.2) is 61.1 Å². The number of aromatic nitrogens is 2. The number of carbonyl (C=O) groups is 1. The van der Waals surface area contributed by atoms with Crippen molar-refractivity contribution in [1.82, 2.24) is 14.9 Å². The van der Waals surface area contributed by atoms with E-state index in [1.165, 1.54) is 13.1 Å². The second-order valence-corrected chi connectivity index (χ2v) is 11.0. The minimum atomic E-state index is -0.341. The lowest BCUT2D eigenvalue weighted by atomic mass is 9.73. The number of nitrogens with zero attached hydrogens (tertiary/aromatic N) is 5. The predicted molar refractivity (Wildman–Crippen MR) is 152 cm³/mol. The summed E-state index contributed by atoms with van der Waals surface area (Å²) in [6.45, 7) is 6.13. The molecule has 1 amide bonds. The minimum Gasteiger partial charge on any atom is -0.497 e. The van der Waals surface area contributed by atoms with Gasteiger partial charge in [0.15, 0.2) is 0 Å². The number of ether oxygens (including phenoxy) is 1. The van der Waals surface area contributed by atoms with E-state index in [2.05, 4.69) is 27.1 Å². The van der Waals surface area contributed by atoms with Gasteiger partial charge in [0.1, 0.15) is 11.6 Å². The Labute approximate surface area is 228 Å². The number of hydrogen-bond acceptors (Lipinski definition) is 9. The van der Waals surface area contributed by atoms with Crippen molar-refractivity contribution < 1.29 is 9.53 Å². The Morgan fingerprint density at radius 1 is 1.08 bits per heavy atom. The van der Waals surface area contributed by atoms with Crippen LogP contribution in [-0.2, 0) is 17.6 Å². The average Bonchev–Trinajstić information content (AvgIpc) is 2.92. The highest BCUT2D eigenvalue weighted by Gasteiger charge is 2.50. The van der Waals surface area contributed by atoms with Gasteiger partial charge in [0.2, 0.25) is 5.95 Å². The topological polar surface area (TPSA) is 126 Å². The van der Waals surface area contributed by atoms with Crippen molar-refractivity contribution in [3.8, 4) is 17.0 Å². The third kappa shape index (κ3) is 4.55. The first-order valence-electron chi connectivity index (χ1n) is 13.1. The van der Waals surface area contributed by atoms with Crippen molar-refractivity contribution in [3.05, 3.63) is 71.2 Å². The maximum absolute atomic E-state index is 13.0. The molecule has 3 heterocycles. The van der Waals surface area contributed by atoms with Crippen LogP contribution >= 0.6 is 0 Å². The summed E-state index contributed by atoms with van der Waals surface area (Å²) in [7, 11) is 3.82. The molecule has 5 N–H and O–H groups in total. The highest BCUT2D eigenvalue weighted by atomic mass is 16.5. The summed E-state index contributed by atoms with van der Waals surface area (Å²) in [6, 6.07) is 13.8. The summed E-state index contributed by atoms with van der Waals surface area (Å²) in [5, 5.41) is 4.07. The van der Waals surface area contributed by atoms with Crippen LogP contribution in [0.3, 0.4) is 0 Å². The number of benzene rings is 2. The zero-order valence-electron chi connectivity index (χ0n) is 22.6. The van der Waals surface area contributed by atoms with Gasteiger partial charge in [-0.1, -0.05) is 0 Å². The molecule has 2 aromatic carbocycles. The molecule has 2 aliphatic heterocycles. The summed E-state index contributed by atoms with van der Waals surface area (Å²) in [5.74, 6) is 7.07. The van der Waals surface area contributed by atoms with Gasteiger partial charge in [0.25, 0.3) is 5.91 Å². The SMILES string of the molecule is COc1ccc2c(c1)CCc1cnc(N(N)/C(N)=C(\C)C(=O)Nc3ccc(N4CC5(CN(C)C5)C4)cc3)nc1-2.